The van der Waals surface area contributed by atoms with Crippen molar-refractivity contribution in [1.82, 2.24) is 9.88 Å². The summed E-state index contributed by atoms with van der Waals surface area (Å²) in [5, 5.41) is 4.92. The maximum absolute atomic E-state index is 12.8. The maximum Gasteiger partial charge on any atom is 0.573 e. The van der Waals surface area contributed by atoms with Gasteiger partial charge in [0, 0.05) is 35.7 Å². The van der Waals surface area contributed by atoms with E-state index < -0.39 is 6.36 Å². The number of aromatic nitrogens is 1. The molecule has 0 aliphatic heterocycles. The van der Waals surface area contributed by atoms with Gasteiger partial charge in [-0.2, -0.15) is 0 Å². The van der Waals surface area contributed by atoms with E-state index in [1.807, 2.05) is 12.1 Å². The third kappa shape index (κ3) is 7.32. The maximum atomic E-state index is 12.8. The van der Waals surface area contributed by atoms with Crippen LogP contribution in [0.15, 0.2) is 48.7 Å². The van der Waals surface area contributed by atoms with Gasteiger partial charge >= 0.3 is 6.36 Å². The van der Waals surface area contributed by atoms with Crippen molar-refractivity contribution in [3.8, 4) is 16.9 Å². The molecule has 0 radical (unpaired) electrons. The van der Waals surface area contributed by atoms with Crippen molar-refractivity contribution in [2.75, 3.05) is 6.54 Å². The first-order valence-electron chi connectivity index (χ1n) is 13.8. The van der Waals surface area contributed by atoms with Crippen molar-refractivity contribution in [3.05, 3.63) is 54.2 Å². The number of benzene rings is 2. The molecule has 2 aromatic carbocycles. The van der Waals surface area contributed by atoms with Crippen molar-refractivity contribution in [1.29, 1.82) is 0 Å². The van der Waals surface area contributed by atoms with Crippen LogP contribution in [0.1, 0.15) is 70.8 Å². The van der Waals surface area contributed by atoms with E-state index in [-0.39, 0.29) is 13.2 Å². The number of nitrogens with zero attached hydrogens (tertiary/aromatic N) is 1. The standard InChI is InChI=1S/C30H38F3N3O.CH4/c31-30(32,33)37-27-8-4-7-22(17-27)23-9-14-29-28(18-23)24(15-16-35-26-12-10-25(34)11-13-26)20-36(29)19-21-5-2-1-3-6-21;/h4,7-9,14,17-18,20-21,25-26,35H,1-3,5-6,10-13,15-16,19,34H2;1H4. The lowest BCUT2D eigenvalue weighted by atomic mass is 9.89. The van der Waals surface area contributed by atoms with Crippen LogP contribution in [0.4, 0.5) is 13.2 Å². The summed E-state index contributed by atoms with van der Waals surface area (Å²) in [7, 11) is 0. The normalized spacial score (nSPS) is 20.8. The molecule has 38 heavy (non-hydrogen) atoms. The predicted molar refractivity (Wildman–Crippen MR) is 149 cm³/mol. The molecule has 0 unspecified atom stereocenters. The molecular formula is C31H42F3N3O. The number of nitrogens with one attached hydrogen (secondary N) is 1. The van der Waals surface area contributed by atoms with Crippen molar-refractivity contribution in [2.24, 2.45) is 11.7 Å². The summed E-state index contributed by atoms with van der Waals surface area (Å²) in [5.41, 5.74) is 10.2. The topological polar surface area (TPSA) is 52.2 Å². The second kappa shape index (κ2) is 12.6. The van der Waals surface area contributed by atoms with Gasteiger partial charge in [0.25, 0.3) is 0 Å². The molecule has 3 aromatic rings. The van der Waals surface area contributed by atoms with Gasteiger partial charge in [0.15, 0.2) is 0 Å². The Labute approximate surface area is 224 Å². The minimum absolute atomic E-state index is 0. The third-order valence-corrected chi connectivity index (χ3v) is 8.14. The Hall–Kier alpha value is -2.51. The average Bonchev–Trinajstić information content (AvgIpc) is 3.21. The number of hydrogen-bond acceptors (Lipinski definition) is 3. The van der Waals surface area contributed by atoms with Gasteiger partial charge in [-0.25, -0.2) is 0 Å². The van der Waals surface area contributed by atoms with Gasteiger partial charge in [-0.1, -0.05) is 44.9 Å². The number of hydrogen-bond donors (Lipinski definition) is 2. The van der Waals surface area contributed by atoms with Crippen molar-refractivity contribution < 1.29 is 17.9 Å². The van der Waals surface area contributed by atoms with E-state index >= 15 is 0 Å². The minimum atomic E-state index is -4.71. The zero-order chi connectivity index (χ0) is 25.8. The summed E-state index contributed by atoms with van der Waals surface area (Å²) in [5.74, 6) is 0.509. The van der Waals surface area contributed by atoms with Crippen LogP contribution >= 0.6 is 0 Å². The van der Waals surface area contributed by atoms with E-state index in [0.717, 1.165) is 50.8 Å². The summed E-state index contributed by atoms with van der Waals surface area (Å²) in [6.07, 6.45) is 9.47. The van der Waals surface area contributed by atoms with Gasteiger partial charge in [0.05, 0.1) is 0 Å². The summed E-state index contributed by atoms with van der Waals surface area (Å²) in [6, 6.07) is 13.4. The van der Waals surface area contributed by atoms with E-state index in [0.29, 0.717) is 23.6 Å². The largest absolute Gasteiger partial charge is 0.573 e. The molecule has 0 amide bonds. The van der Waals surface area contributed by atoms with Gasteiger partial charge in [-0.05, 0) is 98.4 Å². The van der Waals surface area contributed by atoms with Crippen LogP contribution in [-0.4, -0.2) is 29.6 Å². The summed E-state index contributed by atoms with van der Waals surface area (Å²) < 4.78 is 44.9. The monoisotopic (exact) mass is 529 g/mol. The highest BCUT2D eigenvalue weighted by molar-refractivity contribution is 5.89. The van der Waals surface area contributed by atoms with Crippen LogP contribution in [0.3, 0.4) is 0 Å². The molecule has 2 fully saturated rings. The molecule has 2 saturated carbocycles. The second-order valence-corrected chi connectivity index (χ2v) is 10.9. The van der Waals surface area contributed by atoms with Crippen LogP contribution < -0.4 is 15.8 Å². The fourth-order valence-corrected chi connectivity index (χ4v) is 6.16. The molecule has 2 aliphatic rings. The summed E-state index contributed by atoms with van der Waals surface area (Å²) in [4.78, 5) is 0. The Kier molecular flexibility index (Phi) is 9.42. The van der Waals surface area contributed by atoms with E-state index in [9.17, 15) is 13.2 Å². The predicted octanol–water partition coefficient (Wildman–Crippen LogP) is 7.83. The number of nitrogens with two attached hydrogens (primary N) is 1. The fraction of sp³-hybridized carbons (Fsp3) is 0.548. The zero-order valence-corrected chi connectivity index (χ0v) is 21.4. The smallest absolute Gasteiger partial charge is 0.406 e. The number of halogens is 3. The lowest BCUT2D eigenvalue weighted by Crippen LogP contribution is -2.38. The Morgan fingerprint density at radius 1 is 0.921 bits per heavy atom. The SMILES string of the molecule is C.NC1CCC(NCCc2cn(CC3CCCCC3)c3ccc(-c4cccc(OC(F)(F)F)c4)cc23)CC1. The molecule has 0 saturated heterocycles. The Bertz CT molecular complexity index is 1170. The highest BCUT2D eigenvalue weighted by Gasteiger charge is 2.31. The van der Waals surface area contributed by atoms with Crippen molar-refractivity contribution >= 4 is 10.9 Å². The molecule has 3 N–H and O–H groups in total. The van der Waals surface area contributed by atoms with Crippen LogP contribution in [0.2, 0.25) is 0 Å². The lowest BCUT2D eigenvalue weighted by Gasteiger charge is -2.26. The average molecular weight is 530 g/mol. The molecule has 0 atom stereocenters. The Morgan fingerprint density at radius 3 is 2.39 bits per heavy atom. The first kappa shape index (κ1) is 28.5. The first-order valence-corrected chi connectivity index (χ1v) is 13.8. The minimum Gasteiger partial charge on any atom is -0.406 e. The Balaban J connectivity index is 0.00000336. The third-order valence-electron chi connectivity index (χ3n) is 8.14. The van der Waals surface area contributed by atoms with Crippen LogP contribution in [-0.2, 0) is 13.0 Å². The van der Waals surface area contributed by atoms with Gasteiger partial charge in [0.1, 0.15) is 5.75 Å². The molecule has 7 heteroatoms. The quantitative estimate of drug-likeness (QED) is 0.313. The van der Waals surface area contributed by atoms with Crippen LogP contribution in [0, 0.1) is 5.92 Å². The zero-order valence-electron chi connectivity index (χ0n) is 21.4. The number of ether oxygens (including phenoxy) is 1. The molecule has 1 aromatic heterocycles. The molecule has 1 heterocycles. The van der Waals surface area contributed by atoms with E-state index in [4.69, 9.17) is 5.73 Å². The number of rotatable bonds is 8. The summed E-state index contributed by atoms with van der Waals surface area (Å²) in [6.45, 7) is 1.93. The van der Waals surface area contributed by atoms with Gasteiger partial charge in [0.2, 0.25) is 0 Å². The van der Waals surface area contributed by atoms with Gasteiger partial charge < -0.3 is 20.4 Å². The first-order chi connectivity index (χ1) is 17.8. The highest BCUT2D eigenvalue weighted by atomic mass is 19.4. The van der Waals surface area contributed by atoms with Crippen molar-refractivity contribution in [2.45, 2.75) is 96.6 Å². The van der Waals surface area contributed by atoms with Gasteiger partial charge in [-0.15, -0.1) is 13.2 Å². The molecule has 4 nitrogen and oxygen atoms in total. The van der Waals surface area contributed by atoms with E-state index in [1.165, 1.54) is 60.7 Å². The molecule has 0 bridgehead atoms. The Morgan fingerprint density at radius 2 is 1.66 bits per heavy atom. The molecule has 5 rings (SSSR count). The fourth-order valence-electron chi connectivity index (χ4n) is 6.16. The number of fused-ring (bicyclic) bond motifs is 1. The van der Waals surface area contributed by atoms with Crippen LogP contribution in [0.5, 0.6) is 5.75 Å². The van der Waals surface area contributed by atoms with Crippen LogP contribution in [0.25, 0.3) is 22.0 Å². The van der Waals surface area contributed by atoms with Gasteiger partial charge in [-0.3, -0.25) is 0 Å². The molecular weight excluding hydrogens is 487 g/mol. The van der Waals surface area contributed by atoms with E-state index in [1.54, 1.807) is 6.07 Å². The lowest BCUT2D eigenvalue weighted by molar-refractivity contribution is -0.274. The summed E-state index contributed by atoms with van der Waals surface area (Å²) >= 11 is 0. The molecule has 2 aliphatic carbocycles. The second-order valence-electron chi connectivity index (χ2n) is 10.9. The highest BCUT2D eigenvalue weighted by Crippen LogP contribution is 2.33. The molecule has 0 spiro atoms. The van der Waals surface area contributed by atoms with E-state index in [2.05, 4.69) is 33.0 Å². The van der Waals surface area contributed by atoms with Crippen molar-refractivity contribution in [3.63, 3.8) is 0 Å². The number of alkyl halides is 3. The molecule has 208 valence electrons.